The molecule has 3 aliphatic rings. The van der Waals surface area contributed by atoms with Crippen LogP contribution in [0.4, 0.5) is 0 Å². The summed E-state index contributed by atoms with van der Waals surface area (Å²) in [6, 6.07) is -0.435. The molecule has 3 saturated heterocycles. The molecule has 0 bridgehead atoms. The molecule has 0 amide bonds. The average Bonchev–Trinajstić information content (AvgIpc) is 2.82. The molecule has 19 heavy (non-hydrogen) atoms. The Hall–Kier alpha value is -0.890. The molecule has 6 atom stereocenters. The van der Waals surface area contributed by atoms with E-state index >= 15 is 0 Å². The number of fused-ring (bicyclic) bond motifs is 3. The predicted molar refractivity (Wildman–Crippen MR) is 62.2 cm³/mol. The van der Waals surface area contributed by atoms with E-state index in [1.165, 1.54) is 0 Å². The Balaban J connectivity index is 1.81. The fourth-order valence-electron chi connectivity index (χ4n) is 2.89. The van der Waals surface area contributed by atoms with Crippen molar-refractivity contribution in [2.45, 2.75) is 56.4 Å². The number of ether oxygens (including phenoxy) is 5. The molecule has 0 N–H and O–H groups in total. The summed E-state index contributed by atoms with van der Waals surface area (Å²) in [6.45, 7) is 4.00. The van der Waals surface area contributed by atoms with Crippen LogP contribution in [-0.4, -0.2) is 56.3 Å². The zero-order valence-corrected chi connectivity index (χ0v) is 11.1. The van der Waals surface area contributed by atoms with Gasteiger partial charge in [-0.3, -0.25) is 0 Å². The quantitative estimate of drug-likeness (QED) is 0.423. The maximum Gasteiger partial charge on any atom is 0.190 e. The van der Waals surface area contributed by atoms with E-state index in [2.05, 4.69) is 10.0 Å². The monoisotopic (exact) mass is 271 g/mol. The lowest BCUT2D eigenvalue weighted by Crippen LogP contribution is -2.53. The van der Waals surface area contributed by atoms with E-state index in [1.54, 1.807) is 7.11 Å². The highest BCUT2D eigenvalue weighted by atomic mass is 16.8. The molecule has 3 aliphatic heterocycles. The minimum Gasteiger partial charge on any atom is -0.379 e. The summed E-state index contributed by atoms with van der Waals surface area (Å²) in [5.74, 6) is -0.685. The maximum absolute atomic E-state index is 8.68. The van der Waals surface area contributed by atoms with Gasteiger partial charge in [-0.05, 0) is 19.4 Å². The first-order valence-corrected chi connectivity index (χ1v) is 6.25. The Bertz CT molecular complexity index is 411. The second-order valence-corrected chi connectivity index (χ2v) is 5.34. The summed E-state index contributed by atoms with van der Waals surface area (Å²) in [4.78, 5) is 2.87. The molecule has 0 aliphatic carbocycles. The summed E-state index contributed by atoms with van der Waals surface area (Å²) in [7, 11) is 1.56. The third-order valence-corrected chi connectivity index (χ3v) is 3.69. The van der Waals surface area contributed by atoms with Gasteiger partial charge in [0.1, 0.15) is 18.3 Å². The first-order chi connectivity index (χ1) is 9.05. The molecule has 106 valence electrons. The van der Waals surface area contributed by atoms with Crippen LogP contribution >= 0.6 is 0 Å². The average molecular weight is 271 g/mol. The normalized spacial score (nSPS) is 47.3. The molecule has 0 spiro atoms. The zero-order chi connectivity index (χ0) is 13.6. The number of hydrogen-bond acceptors (Lipinski definition) is 6. The summed E-state index contributed by atoms with van der Waals surface area (Å²) in [6.07, 6.45) is -1.80. The van der Waals surface area contributed by atoms with Crippen LogP contribution in [0.25, 0.3) is 10.4 Å². The van der Waals surface area contributed by atoms with E-state index in [9.17, 15) is 0 Å². The van der Waals surface area contributed by atoms with Gasteiger partial charge in [0, 0.05) is 12.0 Å². The van der Waals surface area contributed by atoms with E-state index in [1.807, 2.05) is 13.8 Å². The van der Waals surface area contributed by atoms with Crippen LogP contribution in [0.1, 0.15) is 13.8 Å². The highest BCUT2D eigenvalue weighted by molar-refractivity contribution is 5.04. The SMILES string of the molecule is CO[C@@H]1CO[C@@H]2[C@H](O[C@@H]3OC(C)(C)O[C@@H]32)[C@@H]1N=[N+]=[N-]. The smallest absolute Gasteiger partial charge is 0.190 e. The van der Waals surface area contributed by atoms with E-state index in [-0.39, 0.29) is 18.3 Å². The molecule has 0 radical (unpaired) electrons. The number of hydrogen-bond donors (Lipinski definition) is 0. The first kappa shape index (κ1) is 13.1. The van der Waals surface area contributed by atoms with Crippen LogP contribution in [0.5, 0.6) is 0 Å². The fraction of sp³-hybridized carbons (Fsp3) is 1.00. The molecule has 0 aromatic rings. The van der Waals surface area contributed by atoms with Gasteiger partial charge in [0.25, 0.3) is 0 Å². The van der Waals surface area contributed by atoms with Crippen LogP contribution in [0, 0.1) is 0 Å². The Morgan fingerprint density at radius 2 is 2.05 bits per heavy atom. The standard InChI is InChI=1S/C11H17N3O5/c1-11(2)18-9-8-7(17-10(9)19-11)6(13-14-12)5(15-3)4-16-8/h5-10H,4H2,1-3H3/t5-,6-,7-,8-,9-,10-/m1/s1. The topological polar surface area (TPSA) is 94.9 Å². The van der Waals surface area contributed by atoms with Crippen molar-refractivity contribution >= 4 is 0 Å². The highest BCUT2D eigenvalue weighted by Crippen LogP contribution is 2.42. The fourth-order valence-corrected chi connectivity index (χ4v) is 2.89. The lowest BCUT2D eigenvalue weighted by Gasteiger charge is -2.37. The zero-order valence-electron chi connectivity index (χ0n) is 11.1. The Kier molecular flexibility index (Phi) is 3.17. The van der Waals surface area contributed by atoms with Crippen LogP contribution < -0.4 is 0 Å². The number of rotatable bonds is 2. The van der Waals surface area contributed by atoms with Gasteiger partial charge in [0.05, 0.1) is 18.8 Å². The van der Waals surface area contributed by atoms with Crippen molar-refractivity contribution in [3.8, 4) is 0 Å². The third-order valence-electron chi connectivity index (χ3n) is 3.69. The first-order valence-electron chi connectivity index (χ1n) is 6.25. The molecule has 0 aromatic heterocycles. The van der Waals surface area contributed by atoms with Crippen molar-refractivity contribution in [3.05, 3.63) is 10.4 Å². The largest absolute Gasteiger partial charge is 0.379 e. The van der Waals surface area contributed by atoms with E-state index < -0.39 is 24.2 Å². The van der Waals surface area contributed by atoms with Gasteiger partial charge < -0.3 is 23.7 Å². The molecule has 3 rings (SSSR count). The molecular formula is C11H17N3O5. The Morgan fingerprint density at radius 1 is 1.26 bits per heavy atom. The second kappa shape index (κ2) is 4.59. The maximum atomic E-state index is 8.68. The summed E-state index contributed by atoms with van der Waals surface area (Å²) < 4.78 is 28.3. The Morgan fingerprint density at radius 3 is 2.74 bits per heavy atom. The molecule has 3 heterocycles. The minimum atomic E-state index is -0.685. The van der Waals surface area contributed by atoms with Crippen molar-refractivity contribution in [2.75, 3.05) is 13.7 Å². The third kappa shape index (κ3) is 2.10. The number of nitrogens with zero attached hydrogens (tertiary/aromatic N) is 3. The van der Waals surface area contributed by atoms with E-state index in [4.69, 9.17) is 29.2 Å². The molecule has 8 nitrogen and oxygen atoms in total. The summed E-state index contributed by atoms with van der Waals surface area (Å²) in [5.41, 5.74) is 8.68. The minimum absolute atomic E-state index is 0.297. The molecule has 8 heteroatoms. The van der Waals surface area contributed by atoms with E-state index in [0.717, 1.165) is 0 Å². The number of azide groups is 1. The van der Waals surface area contributed by atoms with Crippen molar-refractivity contribution in [2.24, 2.45) is 5.11 Å². The number of methoxy groups -OCH3 is 1. The van der Waals surface area contributed by atoms with Crippen molar-refractivity contribution in [3.63, 3.8) is 0 Å². The van der Waals surface area contributed by atoms with Gasteiger partial charge in [-0.15, -0.1) is 0 Å². The van der Waals surface area contributed by atoms with Gasteiger partial charge in [0.15, 0.2) is 12.1 Å². The summed E-state index contributed by atoms with van der Waals surface area (Å²) in [5, 5.41) is 3.78. The second-order valence-electron chi connectivity index (χ2n) is 5.34. The van der Waals surface area contributed by atoms with Crippen LogP contribution in [0.3, 0.4) is 0 Å². The van der Waals surface area contributed by atoms with Gasteiger partial charge in [-0.2, -0.15) is 0 Å². The van der Waals surface area contributed by atoms with Crippen molar-refractivity contribution < 1.29 is 23.7 Å². The van der Waals surface area contributed by atoms with Gasteiger partial charge >= 0.3 is 0 Å². The molecular weight excluding hydrogens is 254 g/mol. The summed E-state index contributed by atoms with van der Waals surface area (Å²) >= 11 is 0. The van der Waals surface area contributed by atoms with Crippen LogP contribution in [0.15, 0.2) is 5.11 Å². The van der Waals surface area contributed by atoms with Crippen LogP contribution in [-0.2, 0) is 23.7 Å². The molecule has 3 fully saturated rings. The molecule has 0 aromatic carbocycles. The lowest BCUT2D eigenvalue weighted by molar-refractivity contribution is -0.236. The van der Waals surface area contributed by atoms with Gasteiger partial charge in [-0.1, -0.05) is 5.11 Å². The predicted octanol–water partition coefficient (Wildman–Crippen LogP) is 0.955. The lowest BCUT2D eigenvalue weighted by atomic mass is 9.96. The molecule has 0 unspecified atom stereocenters. The van der Waals surface area contributed by atoms with Gasteiger partial charge in [0.2, 0.25) is 0 Å². The van der Waals surface area contributed by atoms with Crippen LogP contribution in [0.2, 0.25) is 0 Å². The Labute approximate surface area is 110 Å². The van der Waals surface area contributed by atoms with Gasteiger partial charge in [-0.25, -0.2) is 0 Å². The molecule has 0 saturated carbocycles. The van der Waals surface area contributed by atoms with Crippen molar-refractivity contribution in [1.29, 1.82) is 0 Å². The highest BCUT2D eigenvalue weighted by Gasteiger charge is 2.59. The van der Waals surface area contributed by atoms with Crippen molar-refractivity contribution in [1.82, 2.24) is 0 Å². The van der Waals surface area contributed by atoms with E-state index in [0.29, 0.717) is 6.61 Å².